The Balaban J connectivity index is 1.76. The quantitative estimate of drug-likeness (QED) is 0.603. The SMILES string of the molecule is CC1(C)CCC(CN=C(N)N2CCOCC2)CC1. The number of hydrogen-bond acceptors (Lipinski definition) is 2. The fourth-order valence-corrected chi connectivity index (χ4v) is 2.76. The Morgan fingerprint density at radius 1 is 1.28 bits per heavy atom. The number of nitrogens with zero attached hydrogens (tertiary/aromatic N) is 2. The summed E-state index contributed by atoms with van der Waals surface area (Å²) in [6.45, 7) is 8.95. The lowest BCUT2D eigenvalue weighted by Crippen LogP contribution is -2.45. The van der Waals surface area contributed by atoms with Gasteiger partial charge in [0.1, 0.15) is 0 Å². The third-order valence-electron chi connectivity index (χ3n) is 4.31. The second-order valence-corrected chi connectivity index (χ2v) is 6.41. The van der Waals surface area contributed by atoms with Gasteiger partial charge in [0.05, 0.1) is 13.2 Å². The van der Waals surface area contributed by atoms with E-state index in [1.54, 1.807) is 0 Å². The number of aliphatic imine (C=N–C) groups is 1. The van der Waals surface area contributed by atoms with Crippen molar-refractivity contribution in [2.24, 2.45) is 22.1 Å². The molecule has 1 saturated heterocycles. The lowest BCUT2D eigenvalue weighted by molar-refractivity contribution is 0.0673. The average molecular weight is 253 g/mol. The van der Waals surface area contributed by atoms with Gasteiger partial charge in [0.25, 0.3) is 0 Å². The molecular weight excluding hydrogens is 226 g/mol. The van der Waals surface area contributed by atoms with E-state index in [0.717, 1.165) is 38.8 Å². The first-order chi connectivity index (χ1) is 8.57. The van der Waals surface area contributed by atoms with Crippen LogP contribution in [-0.2, 0) is 4.74 Å². The molecule has 18 heavy (non-hydrogen) atoms. The monoisotopic (exact) mass is 253 g/mol. The highest BCUT2D eigenvalue weighted by atomic mass is 16.5. The lowest BCUT2D eigenvalue weighted by Gasteiger charge is -2.34. The van der Waals surface area contributed by atoms with Gasteiger partial charge in [-0.3, -0.25) is 4.99 Å². The fraction of sp³-hybridized carbons (Fsp3) is 0.929. The third-order valence-corrected chi connectivity index (χ3v) is 4.31. The van der Waals surface area contributed by atoms with Crippen molar-refractivity contribution in [3.63, 3.8) is 0 Å². The van der Waals surface area contributed by atoms with Gasteiger partial charge in [-0.05, 0) is 37.0 Å². The first-order valence-corrected chi connectivity index (χ1v) is 7.19. The van der Waals surface area contributed by atoms with Crippen LogP contribution in [0, 0.1) is 11.3 Å². The van der Waals surface area contributed by atoms with Crippen LogP contribution in [0.1, 0.15) is 39.5 Å². The van der Waals surface area contributed by atoms with Crippen molar-refractivity contribution >= 4 is 5.96 Å². The van der Waals surface area contributed by atoms with Crippen LogP contribution >= 0.6 is 0 Å². The van der Waals surface area contributed by atoms with E-state index in [1.807, 2.05) is 0 Å². The minimum absolute atomic E-state index is 0.538. The fourth-order valence-electron chi connectivity index (χ4n) is 2.76. The van der Waals surface area contributed by atoms with E-state index >= 15 is 0 Å². The molecule has 2 rings (SSSR count). The molecule has 0 aromatic carbocycles. The average Bonchev–Trinajstić information content (AvgIpc) is 2.38. The van der Waals surface area contributed by atoms with Crippen LogP contribution in [0.2, 0.25) is 0 Å². The maximum atomic E-state index is 6.04. The maximum absolute atomic E-state index is 6.04. The molecule has 1 aliphatic heterocycles. The number of hydrogen-bond donors (Lipinski definition) is 1. The summed E-state index contributed by atoms with van der Waals surface area (Å²) in [5.74, 6) is 1.45. The standard InChI is InChI=1S/C14H27N3O/c1-14(2)5-3-12(4-6-14)11-16-13(15)17-7-9-18-10-8-17/h12H,3-11H2,1-2H3,(H2,15,16). The Morgan fingerprint density at radius 2 is 1.89 bits per heavy atom. The Hall–Kier alpha value is -0.770. The highest BCUT2D eigenvalue weighted by Gasteiger charge is 2.26. The normalized spacial score (nSPS) is 26.3. The van der Waals surface area contributed by atoms with Crippen LogP contribution in [0.15, 0.2) is 4.99 Å². The van der Waals surface area contributed by atoms with Gasteiger partial charge in [-0.15, -0.1) is 0 Å². The smallest absolute Gasteiger partial charge is 0.191 e. The van der Waals surface area contributed by atoms with Crippen molar-refractivity contribution in [1.82, 2.24) is 4.90 Å². The minimum Gasteiger partial charge on any atom is -0.378 e. The molecule has 2 N–H and O–H groups in total. The third kappa shape index (κ3) is 3.87. The first kappa shape index (κ1) is 13.7. The highest BCUT2D eigenvalue weighted by molar-refractivity contribution is 5.78. The number of rotatable bonds is 2. The second-order valence-electron chi connectivity index (χ2n) is 6.41. The Morgan fingerprint density at radius 3 is 2.50 bits per heavy atom. The Bertz CT molecular complexity index is 285. The Labute approximate surface area is 111 Å². The molecule has 0 amide bonds. The summed E-state index contributed by atoms with van der Waals surface area (Å²) in [4.78, 5) is 6.72. The van der Waals surface area contributed by atoms with Crippen molar-refractivity contribution in [3.05, 3.63) is 0 Å². The van der Waals surface area contributed by atoms with E-state index in [0.29, 0.717) is 11.4 Å². The van der Waals surface area contributed by atoms with Crippen LogP contribution in [-0.4, -0.2) is 43.7 Å². The molecule has 104 valence electrons. The molecular formula is C14H27N3O. The van der Waals surface area contributed by atoms with Gasteiger partial charge in [-0.25, -0.2) is 0 Å². The van der Waals surface area contributed by atoms with Crippen molar-refractivity contribution in [1.29, 1.82) is 0 Å². The zero-order valence-electron chi connectivity index (χ0n) is 11.8. The van der Waals surface area contributed by atoms with Gasteiger partial charge < -0.3 is 15.4 Å². The van der Waals surface area contributed by atoms with E-state index in [9.17, 15) is 0 Å². The largest absolute Gasteiger partial charge is 0.378 e. The van der Waals surface area contributed by atoms with E-state index in [4.69, 9.17) is 10.5 Å². The molecule has 0 unspecified atom stereocenters. The minimum atomic E-state index is 0.538. The lowest BCUT2D eigenvalue weighted by atomic mass is 9.73. The van der Waals surface area contributed by atoms with Gasteiger partial charge in [-0.2, -0.15) is 0 Å². The van der Waals surface area contributed by atoms with E-state index in [2.05, 4.69) is 23.7 Å². The summed E-state index contributed by atoms with van der Waals surface area (Å²) >= 11 is 0. The molecule has 0 atom stereocenters. The van der Waals surface area contributed by atoms with Crippen molar-refractivity contribution < 1.29 is 4.74 Å². The van der Waals surface area contributed by atoms with Crippen LogP contribution < -0.4 is 5.73 Å². The zero-order valence-corrected chi connectivity index (χ0v) is 11.8. The van der Waals surface area contributed by atoms with Crippen molar-refractivity contribution in [3.8, 4) is 0 Å². The molecule has 0 aromatic rings. The van der Waals surface area contributed by atoms with Gasteiger partial charge in [0.2, 0.25) is 0 Å². The summed E-state index contributed by atoms with van der Waals surface area (Å²) in [6, 6.07) is 0. The van der Waals surface area contributed by atoms with Crippen LogP contribution in [0.4, 0.5) is 0 Å². The molecule has 1 saturated carbocycles. The van der Waals surface area contributed by atoms with E-state index < -0.39 is 0 Å². The molecule has 0 spiro atoms. The summed E-state index contributed by atoms with van der Waals surface area (Å²) in [5.41, 5.74) is 6.58. The predicted octanol–water partition coefficient (Wildman–Crippen LogP) is 1.85. The van der Waals surface area contributed by atoms with Gasteiger partial charge in [0.15, 0.2) is 5.96 Å². The number of guanidine groups is 1. The molecule has 1 heterocycles. The second kappa shape index (κ2) is 5.91. The number of nitrogens with two attached hydrogens (primary N) is 1. The summed E-state index contributed by atoms with van der Waals surface area (Å²) < 4.78 is 5.32. The number of ether oxygens (including phenoxy) is 1. The van der Waals surface area contributed by atoms with Crippen LogP contribution in [0.25, 0.3) is 0 Å². The summed E-state index contributed by atoms with van der Waals surface area (Å²) in [5, 5.41) is 0. The molecule has 4 heteroatoms. The zero-order chi connectivity index (χ0) is 13.0. The molecule has 2 fully saturated rings. The van der Waals surface area contributed by atoms with Gasteiger partial charge in [0, 0.05) is 19.6 Å². The van der Waals surface area contributed by atoms with Gasteiger partial charge in [-0.1, -0.05) is 13.8 Å². The van der Waals surface area contributed by atoms with E-state index in [1.165, 1.54) is 25.7 Å². The van der Waals surface area contributed by atoms with E-state index in [-0.39, 0.29) is 0 Å². The summed E-state index contributed by atoms with van der Waals surface area (Å²) in [7, 11) is 0. The van der Waals surface area contributed by atoms with Crippen molar-refractivity contribution in [2.75, 3.05) is 32.8 Å². The molecule has 2 aliphatic rings. The van der Waals surface area contributed by atoms with Gasteiger partial charge >= 0.3 is 0 Å². The van der Waals surface area contributed by atoms with Crippen LogP contribution in [0.5, 0.6) is 0 Å². The van der Waals surface area contributed by atoms with Crippen molar-refractivity contribution in [2.45, 2.75) is 39.5 Å². The molecule has 4 nitrogen and oxygen atoms in total. The molecule has 0 radical (unpaired) electrons. The summed E-state index contributed by atoms with van der Waals surface area (Å²) in [6.07, 6.45) is 5.25. The van der Waals surface area contributed by atoms with Crippen LogP contribution in [0.3, 0.4) is 0 Å². The molecule has 1 aliphatic carbocycles. The topological polar surface area (TPSA) is 50.8 Å². The molecule has 0 aromatic heterocycles. The highest BCUT2D eigenvalue weighted by Crippen LogP contribution is 2.37. The predicted molar refractivity (Wildman–Crippen MR) is 74.6 cm³/mol. The maximum Gasteiger partial charge on any atom is 0.191 e. The first-order valence-electron chi connectivity index (χ1n) is 7.19. The molecule has 0 bridgehead atoms. The Kier molecular flexibility index (Phi) is 4.49. The number of morpholine rings is 1.